The fraction of sp³-hybridized carbons (Fsp3) is 0.250. The van der Waals surface area contributed by atoms with Crippen molar-refractivity contribution >= 4 is 15.7 Å². The van der Waals surface area contributed by atoms with Crippen molar-refractivity contribution in [2.75, 3.05) is 12.3 Å². The van der Waals surface area contributed by atoms with E-state index in [1.165, 1.54) is 0 Å². The maximum absolute atomic E-state index is 12.1. The van der Waals surface area contributed by atoms with Crippen molar-refractivity contribution in [1.82, 2.24) is 4.72 Å². The van der Waals surface area contributed by atoms with E-state index in [1.54, 1.807) is 24.3 Å². The molecule has 0 aliphatic rings. The van der Waals surface area contributed by atoms with E-state index >= 15 is 0 Å². The maximum atomic E-state index is 12.1. The maximum Gasteiger partial charge on any atom is 0.240 e. The number of hydrogen-bond acceptors (Lipinski definition) is 3. The predicted molar refractivity (Wildman–Crippen MR) is 86.3 cm³/mol. The Balaban J connectivity index is 2.20. The van der Waals surface area contributed by atoms with Crippen molar-refractivity contribution in [2.45, 2.75) is 18.7 Å². The van der Waals surface area contributed by atoms with Crippen LogP contribution >= 0.6 is 0 Å². The summed E-state index contributed by atoms with van der Waals surface area (Å²) in [6.45, 7) is 4.36. The molecule has 0 amide bonds. The lowest BCUT2D eigenvalue weighted by Gasteiger charge is -2.09. The Morgan fingerprint density at radius 1 is 0.952 bits per heavy atom. The molecular weight excluding hydrogens is 284 g/mol. The minimum atomic E-state index is -3.43. The van der Waals surface area contributed by atoms with Crippen LogP contribution in [0.3, 0.4) is 0 Å². The summed E-state index contributed by atoms with van der Waals surface area (Å²) in [5.41, 5.74) is 8.32. The molecule has 2 aromatic carbocycles. The van der Waals surface area contributed by atoms with Crippen LogP contribution in [-0.4, -0.2) is 15.0 Å². The average molecular weight is 304 g/mol. The number of benzene rings is 2. The van der Waals surface area contributed by atoms with Crippen LogP contribution < -0.4 is 10.5 Å². The number of nitrogen functional groups attached to an aromatic ring is 1. The van der Waals surface area contributed by atoms with Crippen LogP contribution in [0, 0.1) is 5.92 Å². The molecular formula is C16H20N2O2S. The van der Waals surface area contributed by atoms with Crippen LogP contribution in [0.5, 0.6) is 0 Å². The molecule has 0 saturated carbocycles. The molecule has 0 aromatic heterocycles. The summed E-state index contributed by atoms with van der Waals surface area (Å²) in [4.78, 5) is 0.280. The van der Waals surface area contributed by atoms with Crippen LogP contribution in [0.2, 0.25) is 0 Å². The molecule has 0 aliphatic heterocycles. The van der Waals surface area contributed by atoms with Crippen molar-refractivity contribution in [1.29, 1.82) is 0 Å². The quantitative estimate of drug-likeness (QED) is 0.834. The molecule has 0 bridgehead atoms. The Morgan fingerprint density at radius 3 is 1.90 bits per heavy atom. The number of nitrogens with one attached hydrogen (secondary N) is 1. The lowest BCUT2D eigenvalue weighted by molar-refractivity contribution is 0.560. The fourth-order valence-electron chi connectivity index (χ4n) is 1.86. The molecule has 4 nitrogen and oxygen atoms in total. The van der Waals surface area contributed by atoms with Gasteiger partial charge in [-0.1, -0.05) is 38.1 Å². The molecule has 0 radical (unpaired) electrons. The highest BCUT2D eigenvalue weighted by atomic mass is 32.2. The Labute approximate surface area is 126 Å². The van der Waals surface area contributed by atoms with Gasteiger partial charge in [0.25, 0.3) is 0 Å². The first kappa shape index (κ1) is 15.5. The number of hydrogen-bond donors (Lipinski definition) is 2. The minimum Gasteiger partial charge on any atom is -0.399 e. The zero-order chi connectivity index (χ0) is 15.5. The number of nitrogens with two attached hydrogens (primary N) is 1. The topological polar surface area (TPSA) is 72.2 Å². The second-order valence-electron chi connectivity index (χ2n) is 5.39. The normalized spacial score (nSPS) is 11.8. The van der Waals surface area contributed by atoms with E-state index in [2.05, 4.69) is 4.72 Å². The van der Waals surface area contributed by atoms with Gasteiger partial charge in [0.15, 0.2) is 0 Å². The van der Waals surface area contributed by atoms with Gasteiger partial charge >= 0.3 is 0 Å². The largest absolute Gasteiger partial charge is 0.399 e. The van der Waals surface area contributed by atoms with Crippen LogP contribution in [-0.2, 0) is 10.0 Å². The number of sulfonamides is 1. The van der Waals surface area contributed by atoms with Crippen molar-refractivity contribution < 1.29 is 8.42 Å². The molecule has 0 unspecified atom stereocenters. The van der Waals surface area contributed by atoms with E-state index in [0.717, 1.165) is 11.1 Å². The van der Waals surface area contributed by atoms with E-state index in [4.69, 9.17) is 5.73 Å². The second-order valence-corrected chi connectivity index (χ2v) is 7.16. The highest BCUT2D eigenvalue weighted by Gasteiger charge is 2.13. The molecule has 0 spiro atoms. The first-order valence-electron chi connectivity index (χ1n) is 6.84. The van der Waals surface area contributed by atoms with Crippen molar-refractivity contribution in [3.63, 3.8) is 0 Å². The third kappa shape index (κ3) is 4.06. The Morgan fingerprint density at radius 2 is 1.43 bits per heavy atom. The number of anilines is 1. The number of rotatable bonds is 5. The molecule has 0 saturated heterocycles. The van der Waals surface area contributed by atoms with Crippen molar-refractivity contribution in [3.05, 3.63) is 48.5 Å². The molecule has 5 heteroatoms. The monoisotopic (exact) mass is 304 g/mol. The zero-order valence-corrected chi connectivity index (χ0v) is 13.0. The van der Waals surface area contributed by atoms with Gasteiger partial charge < -0.3 is 5.73 Å². The van der Waals surface area contributed by atoms with Crippen LogP contribution in [0.25, 0.3) is 11.1 Å². The smallest absolute Gasteiger partial charge is 0.240 e. The van der Waals surface area contributed by atoms with Gasteiger partial charge in [0.1, 0.15) is 0 Å². The zero-order valence-electron chi connectivity index (χ0n) is 12.2. The summed E-state index contributed by atoms with van der Waals surface area (Å²) >= 11 is 0. The van der Waals surface area contributed by atoms with Gasteiger partial charge in [-0.2, -0.15) is 0 Å². The highest BCUT2D eigenvalue weighted by Crippen LogP contribution is 2.22. The summed E-state index contributed by atoms with van der Waals surface area (Å²) in [5, 5.41) is 0. The van der Waals surface area contributed by atoms with Gasteiger partial charge in [-0.15, -0.1) is 0 Å². The minimum absolute atomic E-state index is 0.272. The van der Waals surface area contributed by atoms with Crippen LogP contribution in [0.15, 0.2) is 53.4 Å². The second kappa shape index (κ2) is 6.28. The first-order valence-corrected chi connectivity index (χ1v) is 8.32. The summed E-state index contributed by atoms with van der Waals surface area (Å²) in [6.07, 6.45) is 0. The molecule has 3 N–H and O–H groups in total. The average Bonchev–Trinajstić information content (AvgIpc) is 2.46. The molecule has 112 valence electrons. The van der Waals surface area contributed by atoms with Crippen molar-refractivity contribution in [2.24, 2.45) is 5.92 Å². The summed E-state index contributed by atoms with van der Waals surface area (Å²) in [6, 6.07) is 14.3. The fourth-order valence-corrected chi connectivity index (χ4v) is 3.08. The van der Waals surface area contributed by atoms with Gasteiger partial charge in [0.05, 0.1) is 4.90 Å². The van der Waals surface area contributed by atoms with Crippen LogP contribution in [0.4, 0.5) is 5.69 Å². The molecule has 0 fully saturated rings. The van der Waals surface area contributed by atoms with E-state index in [9.17, 15) is 8.42 Å². The lowest BCUT2D eigenvalue weighted by Crippen LogP contribution is -2.27. The van der Waals surface area contributed by atoms with Crippen LogP contribution in [0.1, 0.15) is 13.8 Å². The van der Waals surface area contributed by atoms with E-state index in [-0.39, 0.29) is 10.8 Å². The van der Waals surface area contributed by atoms with Gasteiger partial charge in [0.2, 0.25) is 10.0 Å². The third-order valence-corrected chi connectivity index (χ3v) is 4.53. The first-order chi connectivity index (χ1) is 9.88. The Bertz CT molecular complexity index is 690. The third-order valence-electron chi connectivity index (χ3n) is 3.09. The summed E-state index contributed by atoms with van der Waals surface area (Å²) < 4.78 is 26.8. The van der Waals surface area contributed by atoms with Gasteiger partial charge in [-0.25, -0.2) is 13.1 Å². The molecule has 2 rings (SSSR count). The SMILES string of the molecule is CC(C)CNS(=O)(=O)c1ccc(-c2ccc(N)cc2)cc1. The molecule has 0 aliphatic carbocycles. The van der Waals surface area contributed by atoms with Gasteiger partial charge in [-0.3, -0.25) is 0 Å². The molecule has 21 heavy (non-hydrogen) atoms. The predicted octanol–water partition coefficient (Wildman–Crippen LogP) is 2.87. The van der Waals surface area contributed by atoms with Gasteiger partial charge in [-0.05, 0) is 41.3 Å². The Hall–Kier alpha value is -1.85. The van der Waals surface area contributed by atoms with Crippen molar-refractivity contribution in [3.8, 4) is 11.1 Å². The Kier molecular flexibility index (Phi) is 4.65. The standard InChI is InChI=1S/C16H20N2O2S/c1-12(2)11-18-21(19,20)16-9-5-14(6-10-16)13-3-7-15(17)8-4-13/h3-10,12,18H,11,17H2,1-2H3. The van der Waals surface area contributed by atoms with Gasteiger partial charge in [0, 0.05) is 12.2 Å². The molecule has 0 heterocycles. The lowest BCUT2D eigenvalue weighted by atomic mass is 10.1. The summed E-state index contributed by atoms with van der Waals surface area (Å²) in [5.74, 6) is 0.272. The highest BCUT2D eigenvalue weighted by molar-refractivity contribution is 7.89. The van der Waals surface area contributed by atoms with E-state index in [0.29, 0.717) is 12.2 Å². The molecule has 2 aromatic rings. The van der Waals surface area contributed by atoms with E-state index < -0.39 is 10.0 Å². The summed E-state index contributed by atoms with van der Waals surface area (Å²) in [7, 11) is -3.43. The van der Waals surface area contributed by atoms with E-state index in [1.807, 2.05) is 38.1 Å². The molecule has 0 atom stereocenters.